The summed E-state index contributed by atoms with van der Waals surface area (Å²) in [6.07, 6.45) is -2.01. The topological polar surface area (TPSA) is 37.0 Å². The Morgan fingerprint density at radius 3 is 2.44 bits per heavy atom. The summed E-state index contributed by atoms with van der Waals surface area (Å²) in [5.74, 6) is 0. The van der Waals surface area contributed by atoms with Gasteiger partial charge in [0.15, 0.2) is 0 Å². The molecule has 0 saturated carbocycles. The number of nitrogens with zero attached hydrogens (tertiary/aromatic N) is 1. The van der Waals surface area contributed by atoms with Crippen LogP contribution >= 0.6 is 0 Å². The van der Waals surface area contributed by atoms with Crippen molar-refractivity contribution in [3.63, 3.8) is 0 Å². The molecule has 0 bridgehead atoms. The molecule has 0 aliphatic heterocycles. The Labute approximate surface area is 145 Å². The van der Waals surface area contributed by atoms with Gasteiger partial charge in [0.1, 0.15) is 6.04 Å². The number of fused-ring (bicyclic) bond motifs is 1. The molecule has 1 aromatic heterocycles. The number of hydrogen-bond donors (Lipinski definition) is 2. The molecule has 0 unspecified atom stereocenters. The first-order chi connectivity index (χ1) is 11.7. The molecule has 3 nitrogen and oxygen atoms in total. The molecule has 3 rings (SSSR count). The molecule has 1 aromatic carbocycles. The maximum Gasteiger partial charge on any atom is 0.409 e. The van der Waals surface area contributed by atoms with E-state index in [0.29, 0.717) is 0 Å². The maximum atomic E-state index is 13.0. The number of alkyl halides is 3. The molecular formula is C19H22F3N3. The van der Waals surface area contributed by atoms with Crippen molar-refractivity contribution in [3.05, 3.63) is 59.4 Å². The third kappa shape index (κ3) is 3.35. The van der Waals surface area contributed by atoms with Crippen molar-refractivity contribution < 1.29 is 13.2 Å². The van der Waals surface area contributed by atoms with E-state index in [9.17, 15) is 13.2 Å². The molecule has 2 aromatic rings. The van der Waals surface area contributed by atoms with Crippen molar-refractivity contribution in [1.82, 2.24) is 10.3 Å². The van der Waals surface area contributed by atoms with E-state index in [0.717, 1.165) is 12.1 Å². The molecule has 0 amide bonds. The van der Waals surface area contributed by atoms with Crippen LogP contribution < -0.4 is 10.6 Å². The van der Waals surface area contributed by atoms with E-state index in [1.54, 1.807) is 6.07 Å². The van der Waals surface area contributed by atoms with E-state index in [1.165, 1.54) is 30.4 Å². The summed E-state index contributed by atoms with van der Waals surface area (Å²) in [5.41, 5.74) is 3.25. The predicted octanol–water partition coefficient (Wildman–Crippen LogP) is 4.22. The first-order valence-corrected chi connectivity index (χ1v) is 8.28. The van der Waals surface area contributed by atoms with Gasteiger partial charge >= 0.3 is 6.18 Å². The smallest absolute Gasteiger partial charge is 0.380 e. The number of halogens is 3. The van der Waals surface area contributed by atoms with Gasteiger partial charge in [0.05, 0.1) is 17.6 Å². The highest BCUT2D eigenvalue weighted by atomic mass is 19.4. The maximum absolute atomic E-state index is 13.0. The Morgan fingerprint density at radius 2 is 1.88 bits per heavy atom. The standard InChI is InChI=1S/C19H22F3N3/c1-18(2)14-7-5-4-6-12(14)10-16(18)25-13-8-9-15(24-11-13)17(23-3)19(20,21)22/h4-9,11,16-17,23,25H,10H2,1-3H3/t16-,17-/m0/s1. The Kier molecular flexibility index (Phi) is 4.49. The zero-order valence-electron chi connectivity index (χ0n) is 14.5. The fraction of sp³-hybridized carbons (Fsp3) is 0.421. The van der Waals surface area contributed by atoms with E-state index in [-0.39, 0.29) is 17.2 Å². The molecular weight excluding hydrogens is 327 g/mol. The highest BCUT2D eigenvalue weighted by Crippen LogP contribution is 2.40. The van der Waals surface area contributed by atoms with Gasteiger partial charge in [-0.2, -0.15) is 13.2 Å². The average Bonchev–Trinajstić information content (AvgIpc) is 2.80. The predicted molar refractivity (Wildman–Crippen MR) is 92.7 cm³/mol. The quantitative estimate of drug-likeness (QED) is 0.868. The van der Waals surface area contributed by atoms with Gasteiger partial charge in [-0.05, 0) is 36.7 Å². The van der Waals surface area contributed by atoms with Gasteiger partial charge in [-0.1, -0.05) is 38.1 Å². The van der Waals surface area contributed by atoms with Crippen LogP contribution in [0.4, 0.5) is 18.9 Å². The van der Waals surface area contributed by atoms with Crippen molar-refractivity contribution in [2.45, 2.75) is 43.9 Å². The lowest BCUT2D eigenvalue weighted by Crippen LogP contribution is -2.36. The molecule has 2 atom stereocenters. The molecule has 25 heavy (non-hydrogen) atoms. The molecule has 2 N–H and O–H groups in total. The summed E-state index contributed by atoms with van der Waals surface area (Å²) >= 11 is 0. The second kappa shape index (κ2) is 6.33. The van der Waals surface area contributed by atoms with Gasteiger partial charge in [-0.3, -0.25) is 4.98 Å². The lowest BCUT2D eigenvalue weighted by Gasteiger charge is -2.30. The summed E-state index contributed by atoms with van der Waals surface area (Å²) in [6.45, 7) is 4.36. The molecule has 134 valence electrons. The van der Waals surface area contributed by atoms with Gasteiger partial charge in [0.25, 0.3) is 0 Å². The van der Waals surface area contributed by atoms with Crippen molar-refractivity contribution >= 4 is 5.69 Å². The average molecular weight is 349 g/mol. The van der Waals surface area contributed by atoms with Crippen LogP contribution in [-0.2, 0) is 11.8 Å². The van der Waals surface area contributed by atoms with E-state index >= 15 is 0 Å². The second-order valence-electron chi connectivity index (χ2n) is 7.01. The minimum Gasteiger partial charge on any atom is -0.380 e. The zero-order chi connectivity index (χ0) is 18.2. The van der Waals surface area contributed by atoms with Gasteiger partial charge < -0.3 is 10.6 Å². The molecule has 1 heterocycles. The number of hydrogen-bond acceptors (Lipinski definition) is 3. The summed E-state index contributed by atoms with van der Waals surface area (Å²) in [4.78, 5) is 4.01. The Morgan fingerprint density at radius 1 is 1.16 bits per heavy atom. The first-order valence-electron chi connectivity index (χ1n) is 8.28. The summed E-state index contributed by atoms with van der Waals surface area (Å²) < 4.78 is 38.9. The van der Waals surface area contributed by atoms with Crippen molar-refractivity contribution in [2.24, 2.45) is 0 Å². The number of nitrogens with one attached hydrogen (secondary N) is 2. The Hall–Kier alpha value is -2.08. The zero-order valence-corrected chi connectivity index (χ0v) is 14.5. The van der Waals surface area contributed by atoms with Crippen molar-refractivity contribution in [2.75, 3.05) is 12.4 Å². The van der Waals surface area contributed by atoms with E-state index in [4.69, 9.17) is 0 Å². The molecule has 0 radical (unpaired) electrons. The number of aromatic nitrogens is 1. The minimum absolute atomic E-state index is 0.0329. The molecule has 0 spiro atoms. The number of pyridine rings is 1. The molecule has 1 aliphatic carbocycles. The fourth-order valence-corrected chi connectivity index (χ4v) is 3.56. The van der Waals surface area contributed by atoms with Crippen LogP contribution in [0, 0.1) is 0 Å². The third-order valence-corrected chi connectivity index (χ3v) is 5.05. The summed E-state index contributed by atoms with van der Waals surface area (Å²) in [5, 5.41) is 5.70. The minimum atomic E-state index is -4.37. The largest absolute Gasteiger partial charge is 0.409 e. The number of rotatable bonds is 4. The van der Waals surface area contributed by atoms with Crippen LogP contribution in [0.3, 0.4) is 0 Å². The summed E-state index contributed by atoms with van der Waals surface area (Å²) in [7, 11) is 1.28. The van der Waals surface area contributed by atoms with Gasteiger partial charge in [-0.15, -0.1) is 0 Å². The van der Waals surface area contributed by atoms with Crippen molar-refractivity contribution in [1.29, 1.82) is 0 Å². The second-order valence-corrected chi connectivity index (χ2v) is 7.01. The van der Waals surface area contributed by atoms with Gasteiger partial charge in [0, 0.05) is 11.5 Å². The monoisotopic (exact) mass is 349 g/mol. The van der Waals surface area contributed by atoms with E-state index in [2.05, 4.69) is 41.6 Å². The highest BCUT2D eigenvalue weighted by Gasteiger charge is 2.41. The summed E-state index contributed by atoms with van der Waals surface area (Å²) in [6, 6.07) is 9.83. The van der Waals surface area contributed by atoms with Crippen LogP contribution in [0.25, 0.3) is 0 Å². The van der Waals surface area contributed by atoms with Crippen LogP contribution in [0.2, 0.25) is 0 Å². The van der Waals surface area contributed by atoms with E-state index in [1.807, 2.05) is 12.1 Å². The SMILES string of the molecule is CN[C@@H](c1ccc(N[C@H]2Cc3ccccc3C2(C)C)cn1)C(F)(F)F. The number of anilines is 1. The first kappa shape index (κ1) is 17.7. The van der Waals surface area contributed by atoms with Crippen LogP contribution in [0.5, 0.6) is 0 Å². The van der Waals surface area contributed by atoms with Crippen LogP contribution in [0.15, 0.2) is 42.6 Å². The van der Waals surface area contributed by atoms with Gasteiger partial charge in [-0.25, -0.2) is 0 Å². The molecule has 0 saturated heterocycles. The van der Waals surface area contributed by atoms with Crippen LogP contribution in [-0.4, -0.2) is 24.2 Å². The van der Waals surface area contributed by atoms with E-state index < -0.39 is 12.2 Å². The normalized spacial score (nSPS) is 20.2. The molecule has 0 fully saturated rings. The highest BCUT2D eigenvalue weighted by molar-refractivity contribution is 5.49. The lowest BCUT2D eigenvalue weighted by atomic mass is 9.83. The Bertz CT molecular complexity index is 738. The molecule has 1 aliphatic rings. The fourth-order valence-electron chi connectivity index (χ4n) is 3.56. The van der Waals surface area contributed by atoms with Gasteiger partial charge in [0.2, 0.25) is 0 Å². The Balaban J connectivity index is 1.77. The van der Waals surface area contributed by atoms with Crippen molar-refractivity contribution in [3.8, 4) is 0 Å². The lowest BCUT2D eigenvalue weighted by molar-refractivity contribution is -0.157. The third-order valence-electron chi connectivity index (χ3n) is 5.05. The number of benzene rings is 1. The molecule has 6 heteroatoms. The van der Waals surface area contributed by atoms with Crippen LogP contribution in [0.1, 0.15) is 36.7 Å².